The summed E-state index contributed by atoms with van der Waals surface area (Å²) in [6, 6.07) is 0. The summed E-state index contributed by atoms with van der Waals surface area (Å²) >= 11 is 0. The standard InChI is InChI=1S/C10H20N2O4S/c1-9(2)16-6-7-17(14,15)12-5-3-4-11-10(13)8-12/h9H,3-8H2,1-2H3,(H,11,13). The molecule has 0 atom stereocenters. The summed E-state index contributed by atoms with van der Waals surface area (Å²) in [6.07, 6.45) is 0.661. The summed E-state index contributed by atoms with van der Waals surface area (Å²) in [5.41, 5.74) is 0. The van der Waals surface area contributed by atoms with E-state index in [2.05, 4.69) is 5.32 Å². The molecule has 7 heteroatoms. The van der Waals surface area contributed by atoms with Crippen molar-refractivity contribution < 1.29 is 17.9 Å². The van der Waals surface area contributed by atoms with Crippen LogP contribution in [0, 0.1) is 0 Å². The molecule has 1 saturated heterocycles. The van der Waals surface area contributed by atoms with E-state index in [1.807, 2.05) is 13.8 Å². The van der Waals surface area contributed by atoms with Crippen LogP contribution in [-0.2, 0) is 19.6 Å². The molecule has 0 unspecified atom stereocenters. The first-order chi connectivity index (χ1) is 7.92. The molecule has 0 aromatic heterocycles. The van der Waals surface area contributed by atoms with Crippen LogP contribution in [0.25, 0.3) is 0 Å². The summed E-state index contributed by atoms with van der Waals surface area (Å²) in [5, 5.41) is 2.64. The van der Waals surface area contributed by atoms with Gasteiger partial charge < -0.3 is 10.1 Å². The van der Waals surface area contributed by atoms with E-state index >= 15 is 0 Å². The molecule has 1 N–H and O–H groups in total. The van der Waals surface area contributed by atoms with Gasteiger partial charge in [-0.15, -0.1) is 0 Å². The summed E-state index contributed by atoms with van der Waals surface area (Å²) in [7, 11) is -3.39. The quantitative estimate of drug-likeness (QED) is 0.730. The second kappa shape index (κ2) is 6.32. The van der Waals surface area contributed by atoms with E-state index in [1.165, 1.54) is 4.31 Å². The maximum Gasteiger partial charge on any atom is 0.235 e. The first kappa shape index (κ1) is 14.4. The number of rotatable bonds is 5. The molecule has 1 heterocycles. The van der Waals surface area contributed by atoms with Crippen molar-refractivity contribution in [2.24, 2.45) is 0 Å². The second-order valence-electron chi connectivity index (χ2n) is 4.27. The minimum atomic E-state index is -3.39. The van der Waals surface area contributed by atoms with Gasteiger partial charge in [-0.1, -0.05) is 0 Å². The minimum absolute atomic E-state index is 0.0117. The second-order valence-corrected chi connectivity index (χ2v) is 6.36. The molecule has 0 aliphatic carbocycles. The fourth-order valence-electron chi connectivity index (χ4n) is 1.53. The summed E-state index contributed by atoms with van der Waals surface area (Å²) in [5.74, 6) is -0.311. The van der Waals surface area contributed by atoms with Gasteiger partial charge in [0.15, 0.2) is 0 Å². The minimum Gasteiger partial charge on any atom is -0.378 e. The molecule has 0 bridgehead atoms. The number of sulfonamides is 1. The predicted molar refractivity (Wildman–Crippen MR) is 64.1 cm³/mol. The Balaban J connectivity index is 2.52. The number of nitrogens with one attached hydrogen (secondary N) is 1. The zero-order valence-electron chi connectivity index (χ0n) is 10.3. The van der Waals surface area contributed by atoms with E-state index in [0.29, 0.717) is 19.5 Å². The maximum absolute atomic E-state index is 11.9. The number of ether oxygens (including phenoxy) is 1. The lowest BCUT2D eigenvalue weighted by atomic mass is 10.4. The van der Waals surface area contributed by atoms with Crippen LogP contribution in [0.4, 0.5) is 0 Å². The Morgan fingerprint density at radius 1 is 1.47 bits per heavy atom. The normalized spacial score (nSPS) is 19.1. The first-order valence-corrected chi connectivity index (χ1v) is 7.39. The molecule has 0 aromatic carbocycles. The van der Waals surface area contributed by atoms with Crippen molar-refractivity contribution >= 4 is 15.9 Å². The third kappa shape index (κ3) is 5.01. The number of carbonyl (C=O) groups excluding carboxylic acids is 1. The molecular weight excluding hydrogens is 244 g/mol. The molecule has 1 aliphatic rings. The van der Waals surface area contributed by atoms with Crippen LogP contribution in [0.3, 0.4) is 0 Å². The highest BCUT2D eigenvalue weighted by Gasteiger charge is 2.25. The largest absolute Gasteiger partial charge is 0.378 e. The van der Waals surface area contributed by atoms with E-state index in [1.54, 1.807) is 0 Å². The number of hydrogen-bond acceptors (Lipinski definition) is 4. The molecule has 17 heavy (non-hydrogen) atoms. The van der Waals surface area contributed by atoms with Crippen molar-refractivity contribution in [3.8, 4) is 0 Å². The Hall–Kier alpha value is -0.660. The lowest BCUT2D eigenvalue weighted by molar-refractivity contribution is -0.120. The molecule has 0 spiro atoms. The molecule has 1 rings (SSSR count). The van der Waals surface area contributed by atoms with Crippen LogP contribution >= 0.6 is 0 Å². The molecule has 1 amide bonds. The molecule has 100 valence electrons. The molecular formula is C10H20N2O4S. The van der Waals surface area contributed by atoms with Gasteiger partial charge in [0.05, 0.1) is 25.0 Å². The zero-order chi connectivity index (χ0) is 12.9. The van der Waals surface area contributed by atoms with Crippen LogP contribution in [0.5, 0.6) is 0 Å². The third-order valence-corrected chi connectivity index (χ3v) is 4.19. The Kier molecular flexibility index (Phi) is 5.35. The average molecular weight is 264 g/mol. The molecule has 1 aliphatic heterocycles. The van der Waals surface area contributed by atoms with Gasteiger partial charge in [-0.25, -0.2) is 8.42 Å². The molecule has 0 aromatic rings. The van der Waals surface area contributed by atoms with Gasteiger partial charge >= 0.3 is 0 Å². The Morgan fingerprint density at radius 3 is 2.82 bits per heavy atom. The van der Waals surface area contributed by atoms with Gasteiger partial charge in [-0.3, -0.25) is 4.79 Å². The Morgan fingerprint density at radius 2 is 2.18 bits per heavy atom. The van der Waals surface area contributed by atoms with Crippen LogP contribution in [-0.4, -0.2) is 56.7 Å². The van der Waals surface area contributed by atoms with Crippen molar-refractivity contribution in [1.29, 1.82) is 0 Å². The highest BCUT2D eigenvalue weighted by Crippen LogP contribution is 2.05. The van der Waals surface area contributed by atoms with Gasteiger partial charge in [-0.2, -0.15) is 4.31 Å². The highest BCUT2D eigenvalue weighted by molar-refractivity contribution is 7.89. The monoisotopic (exact) mass is 264 g/mol. The molecule has 6 nitrogen and oxygen atoms in total. The fourth-order valence-corrected chi connectivity index (χ4v) is 2.82. The molecule has 0 radical (unpaired) electrons. The molecule has 0 saturated carbocycles. The van der Waals surface area contributed by atoms with Crippen LogP contribution in [0.1, 0.15) is 20.3 Å². The number of carbonyl (C=O) groups is 1. The van der Waals surface area contributed by atoms with Crippen molar-refractivity contribution in [1.82, 2.24) is 9.62 Å². The number of hydrogen-bond donors (Lipinski definition) is 1. The van der Waals surface area contributed by atoms with Gasteiger partial charge in [-0.05, 0) is 20.3 Å². The van der Waals surface area contributed by atoms with Gasteiger partial charge in [0, 0.05) is 13.1 Å². The predicted octanol–water partition coefficient (Wildman–Crippen LogP) is -0.437. The van der Waals surface area contributed by atoms with Crippen molar-refractivity contribution in [2.45, 2.75) is 26.4 Å². The topological polar surface area (TPSA) is 75.7 Å². The fraction of sp³-hybridized carbons (Fsp3) is 0.900. The van der Waals surface area contributed by atoms with Crippen LogP contribution < -0.4 is 5.32 Å². The average Bonchev–Trinajstić information content (AvgIpc) is 2.42. The van der Waals surface area contributed by atoms with E-state index in [-0.39, 0.29) is 30.9 Å². The van der Waals surface area contributed by atoms with Crippen molar-refractivity contribution in [3.05, 3.63) is 0 Å². The van der Waals surface area contributed by atoms with Crippen molar-refractivity contribution in [2.75, 3.05) is 32.0 Å². The maximum atomic E-state index is 11.9. The van der Waals surface area contributed by atoms with Crippen LogP contribution in [0.2, 0.25) is 0 Å². The van der Waals surface area contributed by atoms with E-state index < -0.39 is 10.0 Å². The summed E-state index contributed by atoms with van der Waals surface area (Å²) < 4.78 is 30.3. The summed E-state index contributed by atoms with van der Waals surface area (Å²) in [4.78, 5) is 11.3. The summed E-state index contributed by atoms with van der Waals surface area (Å²) in [6.45, 7) is 4.72. The van der Waals surface area contributed by atoms with E-state index in [4.69, 9.17) is 4.74 Å². The molecule has 1 fully saturated rings. The number of amides is 1. The van der Waals surface area contributed by atoms with Crippen molar-refractivity contribution in [3.63, 3.8) is 0 Å². The van der Waals surface area contributed by atoms with E-state index in [9.17, 15) is 13.2 Å². The SMILES string of the molecule is CC(C)OCCS(=O)(=O)N1CCCNC(=O)C1. The first-order valence-electron chi connectivity index (χ1n) is 5.78. The Labute approximate surface area is 102 Å². The highest BCUT2D eigenvalue weighted by atomic mass is 32.2. The zero-order valence-corrected chi connectivity index (χ0v) is 11.1. The lowest BCUT2D eigenvalue weighted by Crippen LogP contribution is -2.39. The Bertz CT molecular complexity index is 353. The lowest BCUT2D eigenvalue weighted by Gasteiger charge is -2.19. The third-order valence-electron chi connectivity index (χ3n) is 2.41. The van der Waals surface area contributed by atoms with Gasteiger partial charge in [0.25, 0.3) is 0 Å². The smallest absolute Gasteiger partial charge is 0.235 e. The van der Waals surface area contributed by atoms with Crippen LogP contribution in [0.15, 0.2) is 0 Å². The van der Waals surface area contributed by atoms with E-state index in [0.717, 1.165) is 0 Å². The number of nitrogens with zero attached hydrogens (tertiary/aromatic N) is 1. The van der Waals surface area contributed by atoms with Gasteiger partial charge in [0.2, 0.25) is 15.9 Å². The van der Waals surface area contributed by atoms with Gasteiger partial charge in [0.1, 0.15) is 0 Å².